The maximum absolute atomic E-state index is 12.9. The van der Waals surface area contributed by atoms with E-state index in [0.29, 0.717) is 18.7 Å². The number of carbonyl (C=O) groups excluding carboxylic acids is 3. The molecule has 0 aliphatic carbocycles. The number of hydrogen-bond donors (Lipinski definition) is 7. The monoisotopic (exact) mass is 466 g/mol. The van der Waals surface area contributed by atoms with Crippen LogP contribution in [0.25, 0.3) is 0 Å². The molecule has 0 bridgehead atoms. The van der Waals surface area contributed by atoms with Crippen LogP contribution in [0.4, 0.5) is 0 Å². The Kier molecular flexibility index (Phi) is 9.33. The second-order valence-corrected chi connectivity index (χ2v) is 8.22. The molecule has 1 aromatic heterocycles. The molecule has 1 aliphatic heterocycles. The molecule has 13 heteroatoms. The molecule has 4 atom stereocenters. The highest BCUT2D eigenvalue weighted by molar-refractivity contribution is 5.95. The number of carboxylic acid groups (broad SMARTS) is 2. The van der Waals surface area contributed by atoms with E-state index in [1.807, 2.05) is 0 Å². The molecular formula is C20H30N6O7. The summed E-state index contributed by atoms with van der Waals surface area (Å²) < 4.78 is 0. The van der Waals surface area contributed by atoms with Gasteiger partial charge in [0, 0.05) is 18.3 Å². The van der Waals surface area contributed by atoms with Gasteiger partial charge in [0.05, 0.1) is 18.8 Å². The third-order valence-electron chi connectivity index (χ3n) is 5.23. The van der Waals surface area contributed by atoms with Gasteiger partial charge in [0.25, 0.3) is 0 Å². The van der Waals surface area contributed by atoms with Gasteiger partial charge < -0.3 is 36.5 Å². The summed E-state index contributed by atoms with van der Waals surface area (Å²) in [5.41, 5.74) is 0.449. The van der Waals surface area contributed by atoms with Crippen LogP contribution in [0.1, 0.15) is 38.8 Å². The number of carboxylic acids is 2. The molecule has 4 unspecified atom stereocenters. The van der Waals surface area contributed by atoms with Crippen LogP contribution in [0.5, 0.6) is 0 Å². The number of hydrogen-bond acceptors (Lipinski definition) is 7. The topological polar surface area (TPSA) is 203 Å². The number of aromatic nitrogens is 2. The highest BCUT2D eigenvalue weighted by Crippen LogP contribution is 2.09. The van der Waals surface area contributed by atoms with E-state index < -0.39 is 54.3 Å². The van der Waals surface area contributed by atoms with Crippen molar-refractivity contribution in [3.05, 3.63) is 18.2 Å². The first-order chi connectivity index (χ1) is 15.6. The van der Waals surface area contributed by atoms with E-state index in [1.165, 1.54) is 12.5 Å². The molecule has 182 valence electrons. The molecule has 2 rings (SSSR count). The van der Waals surface area contributed by atoms with Gasteiger partial charge in [-0.15, -0.1) is 0 Å². The summed E-state index contributed by atoms with van der Waals surface area (Å²) in [5.74, 6) is -5.12. The highest BCUT2D eigenvalue weighted by atomic mass is 16.4. The lowest BCUT2D eigenvalue weighted by atomic mass is 10.0. The SMILES string of the molecule is CC(C)C(NC(=O)C1CCCN1)C(=O)NC(CC(=O)O)C(=O)NC(Cc1cnc[nH]1)C(=O)O. The van der Waals surface area contributed by atoms with Gasteiger partial charge in [-0.3, -0.25) is 19.2 Å². The van der Waals surface area contributed by atoms with E-state index in [9.17, 15) is 34.2 Å². The van der Waals surface area contributed by atoms with E-state index >= 15 is 0 Å². The minimum absolute atomic E-state index is 0.117. The van der Waals surface area contributed by atoms with Crippen LogP contribution in [-0.4, -0.2) is 80.6 Å². The lowest BCUT2D eigenvalue weighted by molar-refractivity contribution is -0.143. The molecule has 0 aromatic carbocycles. The second-order valence-electron chi connectivity index (χ2n) is 8.22. The zero-order valence-electron chi connectivity index (χ0n) is 18.5. The maximum atomic E-state index is 12.9. The maximum Gasteiger partial charge on any atom is 0.326 e. The molecule has 0 spiro atoms. The van der Waals surface area contributed by atoms with Crippen molar-refractivity contribution in [3.8, 4) is 0 Å². The van der Waals surface area contributed by atoms with Crippen molar-refractivity contribution in [2.24, 2.45) is 5.92 Å². The van der Waals surface area contributed by atoms with Gasteiger partial charge in [0.2, 0.25) is 17.7 Å². The van der Waals surface area contributed by atoms with Crippen molar-refractivity contribution in [1.29, 1.82) is 0 Å². The number of aliphatic carboxylic acids is 2. The van der Waals surface area contributed by atoms with Crippen molar-refractivity contribution >= 4 is 29.7 Å². The number of aromatic amines is 1. The number of rotatable bonds is 12. The molecule has 2 heterocycles. The van der Waals surface area contributed by atoms with Gasteiger partial charge in [-0.25, -0.2) is 9.78 Å². The van der Waals surface area contributed by atoms with Crippen molar-refractivity contribution in [2.45, 2.75) is 63.7 Å². The molecule has 3 amide bonds. The van der Waals surface area contributed by atoms with Crippen molar-refractivity contribution in [2.75, 3.05) is 6.54 Å². The Bertz CT molecular complexity index is 851. The van der Waals surface area contributed by atoms with Gasteiger partial charge in [-0.2, -0.15) is 0 Å². The molecule has 1 fully saturated rings. The Morgan fingerprint density at radius 2 is 1.79 bits per heavy atom. The summed E-state index contributed by atoms with van der Waals surface area (Å²) in [5, 5.41) is 28.9. The van der Waals surface area contributed by atoms with Crippen molar-refractivity contribution in [1.82, 2.24) is 31.2 Å². The Morgan fingerprint density at radius 1 is 1.09 bits per heavy atom. The quantitative estimate of drug-likeness (QED) is 0.189. The zero-order chi connectivity index (χ0) is 24.5. The number of nitrogens with one attached hydrogen (secondary N) is 5. The zero-order valence-corrected chi connectivity index (χ0v) is 18.5. The molecule has 13 nitrogen and oxygen atoms in total. The summed E-state index contributed by atoms with van der Waals surface area (Å²) in [4.78, 5) is 67.4. The first-order valence-electron chi connectivity index (χ1n) is 10.6. The number of carbonyl (C=O) groups is 5. The Labute approximate surface area is 190 Å². The molecule has 1 aromatic rings. The van der Waals surface area contributed by atoms with E-state index in [1.54, 1.807) is 13.8 Å². The predicted molar refractivity (Wildman–Crippen MR) is 114 cm³/mol. The minimum atomic E-state index is -1.54. The molecule has 33 heavy (non-hydrogen) atoms. The van der Waals surface area contributed by atoms with Crippen LogP contribution in [-0.2, 0) is 30.4 Å². The largest absolute Gasteiger partial charge is 0.481 e. The lowest BCUT2D eigenvalue weighted by Crippen LogP contribution is -2.58. The van der Waals surface area contributed by atoms with Gasteiger partial charge in [-0.05, 0) is 25.3 Å². The Hall–Kier alpha value is -3.48. The molecular weight excluding hydrogens is 436 g/mol. The standard InChI is InChI=1S/C20H30N6O7/c1-10(2)16(26-17(29)12-4-3-5-22-12)19(31)24-13(7-15(27)28)18(30)25-14(20(32)33)6-11-8-21-9-23-11/h8-10,12-14,16,22H,3-7H2,1-2H3,(H,21,23)(H,24,31)(H,25,30)(H,26,29)(H,27,28)(H,32,33). The average molecular weight is 466 g/mol. The summed E-state index contributed by atoms with van der Waals surface area (Å²) in [6.45, 7) is 4.09. The van der Waals surface area contributed by atoms with Gasteiger partial charge in [-0.1, -0.05) is 13.8 Å². The fraction of sp³-hybridized carbons (Fsp3) is 0.600. The van der Waals surface area contributed by atoms with Gasteiger partial charge in [0.1, 0.15) is 18.1 Å². The van der Waals surface area contributed by atoms with Crippen molar-refractivity contribution in [3.63, 3.8) is 0 Å². The molecule has 1 saturated heterocycles. The van der Waals surface area contributed by atoms with Crippen LogP contribution in [0.2, 0.25) is 0 Å². The molecule has 0 radical (unpaired) electrons. The Morgan fingerprint density at radius 3 is 2.30 bits per heavy atom. The van der Waals surface area contributed by atoms with Crippen LogP contribution in [0, 0.1) is 5.92 Å². The summed E-state index contributed by atoms with van der Waals surface area (Å²) >= 11 is 0. The number of imidazole rings is 1. The van der Waals surface area contributed by atoms with E-state index in [-0.39, 0.29) is 18.2 Å². The highest BCUT2D eigenvalue weighted by Gasteiger charge is 2.33. The van der Waals surface area contributed by atoms with Crippen LogP contribution >= 0.6 is 0 Å². The fourth-order valence-corrected chi connectivity index (χ4v) is 3.43. The number of nitrogens with zero attached hydrogens (tertiary/aromatic N) is 1. The Balaban J connectivity index is 2.08. The van der Waals surface area contributed by atoms with Gasteiger partial charge >= 0.3 is 11.9 Å². The average Bonchev–Trinajstić information content (AvgIpc) is 3.44. The van der Waals surface area contributed by atoms with Crippen LogP contribution < -0.4 is 21.3 Å². The van der Waals surface area contributed by atoms with E-state index in [0.717, 1.165) is 6.42 Å². The van der Waals surface area contributed by atoms with E-state index in [4.69, 9.17) is 0 Å². The summed E-state index contributed by atoms with van der Waals surface area (Å²) in [6, 6.07) is -4.35. The first kappa shape index (κ1) is 25.8. The van der Waals surface area contributed by atoms with Crippen molar-refractivity contribution < 1.29 is 34.2 Å². The third-order valence-corrected chi connectivity index (χ3v) is 5.23. The first-order valence-corrected chi connectivity index (χ1v) is 10.6. The normalized spacial score (nSPS) is 18.2. The lowest BCUT2D eigenvalue weighted by Gasteiger charge is -2.26. The minimum Gasteiger partial charge on any atom is -0.481 e. The predicted octanol–water partition coefficient (Wildman–Crippen LogP) is -1.63. The molecule has 7 N–H and O–H groups in total. The molecule has 0 saturated carbocycles. The van der Waals surface area contributed by atoms with Crippen LogP contribution in [0.15, 0.2) is 12.5 Å². The number of amides is 3. The summed E-state index contributed by atoms with van der Waals surface area (Å²) in [7, 11) is 0. The summed E-state index contributed by atoms with van der Waals surface area (Å²) in [6.07, 6.45) is 3.33. The molecule has 1 aliphatic rings. The number of H-pyrrole nitrogens is 1. The fourth-order valence-electron chi connectivity index (χ4n) is 3.43. The van der Waals surface area contributed by atoms with E-state index in [2.05, 4.69) is 31.2 Å². The second kappa shape index (κ2) is 11.9. The van der Waals surface area contributed by atoms with Crippen LogP contribution in [0.3, 0.4) is 0 Å². The van der Waals surface area contributed by atoms with Gasteiger partial charge in [0.15, 0.2) is 0 Å². The third kappa shape index (κ3) is 7.86. The smallest absolute Gasteiger partial charge is 0.326 e.